The van der Waals surface area contributed by atoms with Crippen molar-refractivity contribution in [1.82, 2.24) is 15.1 Å². The summed E-state index contributed by atoms with van der Waals surface area (Å²) >= 11 is 1.25. The Labute approximate surface area is 257 Å². The van der Waals surface area contributed by atoms with E-state index < -0.39 is 0 Å². The molecule has 2 heterocycles. The van der Waals surface area contributed by atoms with Crippen molar-refractivity contribution in [2.45, 2.75) is 6.92 Å². The highest BCUT2D eigenvalue weighted by molar-refractivity contribution is 7.19. The molecule has 0 fully saturated rings. The average Bonchev–Trinajstić information content (AvgIpc) is 3.66. The fraction of sp³-hybridized carbons (Fsp3) is 0.161. The van der Waals surface area contributed by atoms with Crippen LogP contribution in [0.2, 0.25) is 0 Å². The third-order valence-corrected chi connectivity index (χ3v) is 7.43. The Kier molecular flexibility index (Phi) is 8.95. The highest BCUT2D eigenvalue weighted by Gasteiger charge is 2.20. The predicted molar refractivity (Wildman–Crippen MR) is 170 cm³/mol. The molecule has 0 saturated carbocycles. The van der Waals surface area contributed by atoms with E-state index in [0.717, 1.165) is 11.1 Å². The number of nitrogen functional groups attached to an aromatic ring is 1. The van der Waals surface area contributed by atoms with Crippen molar-refractivity contribution in [3.05, 3.63) is 71.8 Å². The summed E-state index contributed by atoms with van der Waals surface area (Å²) < 4.78 is 27.0. The van der Waals surface area contributed by atoms with Crippen LogP contribution in [0.25, 0.3) is 28.2 Å². The summed E-state index contributed by atoms with van der Waals surface area (Å²) in [5.41, 5.74) is 9.88. The van der Waals surface area contributed by atoms with Gasteiger partial charge in [0.1, 0.15) is 16.4 Å². The van der Waals surface area contributed by atoms with E-state index in [1.165, 1.54) is 24.5 Å². The first-order chi connectivity index (χ1) is 21.3. The monoisotopic (exact) mass is 614 g/mol. The number of ether oxygens (including phenoxy) is 4. The first-order valence-corrected chi connectivity index (χ1v) is 14.0. The number of aryl methyl sites for hydroxylation is 1. The van der Waals surface area contributed by atoms with Gasteiger partial charge in [-0.3, -0.25) is 4.79 Å². The SMILES string of the molecule is COc1cccc(C=CC(=O)Nc2ccc(C)c(-c3noc(-c4sc(Nc5cc(OC)c(OC)c(OC)c5)nc4N)n3)c2)c1. The minimum atomic E-state index is -0.291. The Morgan fingerprint density at radius 1 is 0.932 bits per heavy atom. The molecule has 226 valence electrons. The smallest absolute Gasteiger partial charge is 0.272 e. The standard InChI is InChI=1S/C31H30N6O6S/c1-17-9-11-19(33-25(38)12-10-18-7-6-8-21(13-18)39-2)14-22(17)29-36-30(43-37-29)27-28(32)35-31(44-27)34-20-15-23(40-3)26(42-5)24(16-20)41-4/h6-16H,32H2,1-5H3,(H,33,38)(H,34,35). The summed E-state index contributed by atoms with van der Waals surface area (Å²) in [6, 6.07) is 16.4. The van der Waals surface area contributed by atoms with E-state index in [2.05, 4.69) is 25.8 Å². The number of carbonyl (C=O) groups is 1. The summed E-state index contributed by atoms with van der Waals surface area (Å²) in [7, 11) is 6.22. The van der Waals surface area contributed by atoms with E-state index in [-0.39, 0.29) is 17.6 Å². The normalized spacial score (nSPS) is 10.9. The van der Waals surface area contributed by atoms with Gasteiger partial charge < -0.3 is 39.8 Å². The number of nitrogens with two attached hydrogens (primary N) is 1. The van der Waals surface area contributed by atoms with E-state index in [4.69, 9.17) is 29.2 Å². The molecule has 0 unspecified atom stereocenters. The van der Waals surface area contributed by atoms with Crippen LogP contribution < -0.4 is 35.3 Å². The Hall–Kier alpha value is -5.56. The van der Waals surface area contributed by atoms with Gasteiger partial charge in [-0.1, -0.05) is 34.7 Å². The first-order valence-electron chi connectivity index (χ1n) is 13.2. The lowest BCUT2D eigenvalue weighted by molar-refractivity contribution is -0.111. The number of nitrogens with zero attached hydrogens (tertiary/aromatic N) is 3. The second-order valence-corrected chi connectivity index (χ2v) is 10.3. The van der Waals surface area contributed by atoms with Gasteiger partial charge in [0.25, 0.3) is 5.89 Å². The number of benzene rings is 3. The summed E-state index contributed by atoms with van der Waals surface area (Å²) in [5, 5.41) is 10.7. The number of aromatic nitrogens is 3. The molecule has 0 radical (unpaired) electrons. The quantitative estimate of drug-likeness (QED) is 0.146. The van der Waals surface area contributed by atoms with Crippen molar-refractivity contribution >= 4 is 45.6 Å². The molecule has 5 rings (SSSR count). The molecule has 44 heavy (non-hydrogen) atoms. The number of anilines is 4. The molecule has 2 aromatic heterocycles. The van der Waals surface area contributed by atoms with Gasteiger partial charge >= 0.3 is 0 Å². The molecule has 12 nitrogen and oxygen atoms in total. The number of carbonyl (C=O) groups excluding carboxylic acids is 1. The van der Waals surface area contributed by atoms with Crippen molar-refractivity contribution in [1.29, 1.82) is 0 Å². The van der Waals surface area contributed by atoms with Crippen molar-refractivity contribution in [3.63, 3.8) is 0 Å². The average molecular weight is 615 g/mol. The number of thiazole rings is 1. The lowest BCUT2D eigenvalue weighted by Crippen LogP contribution is -2.08. The van der Waals surface area contributed by atoms with E-state index in [9.17, 15) is 4.79 Å². The molecule has 0 aliphatic carbocycles. The van der Waals surface area contributed by atoms with Crippen LogP contribution in [0.3, 0.4) is 0 Å². The maximum atomic E-state index is 12.6. The Morgan fingerprint density at radius 3 is 2.41 bits per heavy atom. The summed E-state index contributed by atoms with van der Waals surface area (Å²) in [4.78, 5) is 22.1. The van der Waals surface area contributed by atoms with Crippen LogP contribution in [-0.2, 0) is 4.79 Å². The van der Waals surface area contributed by atoms with Gasteiger partial charge in [0.05, 0.1) is 28.4 Å². The number of methoxy groups -OCH3 is 4. The lowest BCUT2D eigenvalue weighted by Gasteiger charge is -2.14. The van der Waals surface area contributed by atoms with Gasteiger partial charge in [-0.15, -0.1) is 0 Å². The maximum absolute atomic E-state index is 12.6. The second kappa shape index (κ2) is 13.2. The number of rotatable bonds is 11. The van der Waals surface area contributed by atoms with Gasteiger partial charge in [-0.25, -0.2) is 4.98 Å². The zero-order valence-electron chi connectivity index (χ0n) is 24.6. The molecule has 3 aromatic carbocycles. The topological polar surface area (TPSA) is 156 Å². The fourth-order valence-corrected chi connectivity index (χ4v) is 5.11. The molecular formula is C31H30N6O6S. The van der Waals surface area contributed by atoms with Gasteiger partial charge in [-0.05, 0) is 48.4 Å². The van der Waals surface area contributed by atoms with Gasteiger partial charge in [0.2, 0.25) is 17.5 Å². The highest BCUT2D eigenvalue weighted by Crippen LogP contribution is 2.42. The van der Waals surface area contributed by atoms with E-state index in [1.54, 1.807) is 51.7 Å². The fourth-order valence-electron chi connectivity index (χ4n) is 4.28. The highest BCUT2D eigenvalue weighted by atomic mass is 32.1. The van der Waals surface area contributed by atoms with Crippen LogP contribution in [0.1, 0.15) is 11.1 Å². The first kappa shape index (κ1) is 29.9. The second-order valence-electron chi connectivity index (χ2n) is 9.32. The molecule has 0 aliphatic heterocycles. The largest absolute Gasteiger partial charge is 0.497 e. The van der Waals surface area contributed by atoms with E-state index in [0.29, 0.717) is 55.8 Å². The van der Waals surface area contributed by atoms with E-state index in [1.807, 2.05) is 37.3 Å². The van der Waals surface area contributed by atoms with E-state index >= 15 is 0 Å². The lowest BCUT2D eigenvalue weighted by atomic mass is 10.1. The van der Waals surface area contributed by atoms with Crippen molar-refractivity contribution in [2.24, 2.45) is 0 Å². The number of amides is 1. The van der Waals surface area contributed by atoms with Crippen LogP contribution in [0.5, 0.6) is 23.0 Å². The van der Waals surface area contributed by atoms with Crippen LogP contribution in [0, 0.1) is 6.92 Å². The van der Waals surface area contributed by atoms with Crippen molar-refractivity contribution < 1.29 is 28.3 Å². The van der Waals surface area contributed by atoms with Gasteiger partial charge in [0.15, 0.2) is 16.6 Å². The molecule has 0 saturated heterocycles. The molecule has 0 aliphatic rings. The number of nitrogens with one attached hydrogen (secondary N) is 2. The summed E-state index contributed by atoms with van der Waals surface area (Å²) in [6.45, 7) is 1.92. The molecule has 1 amide bonds. The van der Waals surface area contributed by atoms with Crippen molar-refractivity contribution in [3.8, 4) is 45.2 Å². The molecule has 13 heteroatoms. The molecule has 0 bridgehead atoms. The van der Waals surface area contributed by atoms with Crippen LogP contribution in [-0.4, -0.2) is 49.5 Å². The Bertz CT molecular complexity index is 1810. The van der Waals surface area contributed by atoms with Crippen LogP contribution in [0.15, 0.2) is 65.2 Å². The molecule has 0 atom stereocenters. The van der Waals surface area contributed by atoms with Crippen LogP contribution in [0.4, 0.5) is 22.3 Å². The van der Waals surface area contributed by atoms with Gasteiger partial charge in [0, 0.05) is 35.1 Å². The molecule has 5 aromatic rings. The summed E-state index contributed by atoms with van der Waals surface area (Å²) in [6.07, 6.45) is 3.17. The third kappa shape index (κ3) is 6.57. The Balaban J connectivity index is 1.33. The zero-order valence-corrected chi connectivity index (χ0v) is 25.4. The molecular weight excluding hydrogens is 584 g/mol. The van der Waals surface area contributed by atoms with Gasteiger partial charge in [-0.2, -0.15) is 4.98 Å². The maximum Gasteiger partial charge on any atom is 0.272 e. The minimum absolute atomic E-state index is 0.211. The minimum Gasteiger partial charge on any atom is -0.497 e. The number of hydrogen-bond donors (Lipinski definition) is 3. The Morgan fingerprint density at radius 2 is 1.70 bits per heavy atom. The zero-order chi connectivity index (χ0) is 31.2. The summed E-state index contributed by atoms with van der Waals surface area (Å²) in [5.74, 6) is 2.64. The third-order valence-electron chi connectivity index (χ3n) is 6.46. The van der Waals surface area contributed by atoms with Crippen molar-refractivity contribution in [2.75, 3.05) is 44.8 Å². The molecule has 4 N–H and O–H groups in total. The predicted octanol–water partition coefficient (Wildman–Crippen LogP) is 6.18. The number of hydrogen-bond acceptors (Lipinski definition) is 12. The van der Waals surface area contributed by atoms with Crippen LogP contribution >= 0.6 is 11.3 Å². The molecule has 0 spiro atoms.